The van der Waals surface area contributed by atoms with E-state index in [9.17, 15) is 9.18 Å². The first-order valence-corrected chi connectivity index (χ1v) is 6.48. The van der Waals surface area contributed by atoms with Crippen molar-refractivity contribution in [2.75, 3.05) is 19.0 Å². The number of carbonyl (C=O) groups is 1. The predicted octanol–water partition coefficient (Wildman–Crippen LogP) is 2.16. The Hall–Kier alpha value is -1.62. The lowest BCUT2D eigenvalue weighted by molar-refractivity contribution is -0.120. The largest absolute Gasteiger partial charge is 0.494 e. The van der Waals surface area contributed by atoms with Gasteiger partial charge in [-0.1, -0.05) is 0 Å². The number of hydrogen-bond acceptors (Lipinski definition) is 3. The van der Waals surface area contributed by atoms with Gasteiger partial charge in [0.25, 0.3) is 0 Å². The molecule has 0 radical (unpaired) electrons. The fraction of sp³-hybridized carbons (Fsp3) is 0.500. The van der Waals surface area contributed by atoms with E-state index < -0.39 is 5.82 Å². The summed E-state index contributed by atoms with van der Waals surface area (Å²) in [6, 6.07) is 4.78. The summed E-state index contributed by atoms with van der Waals surface area (Å²) in [5.74, 6) is -0.373. The zero-order chi connectivity index (χ0) is 13.8. The molecule has 19 heavy (non-hydrogen) atoms. The van der Waals surface area contributed by atoms with Crippen molar-refractivity contribution in [3.05, 3.63) is 24.0 Å². The molecule has 4 nitrogen and oxygen atoms in total. The number of rotatable bonds is 3. The maximum atomic E-state index is 13.3. The summed E-state index contributed by atoms with van der Waals surface area (Å²) >= 11 is 0. The molecule has 2 unspecified atom stereocenters. The molecule has 2 rings (SSSR count). The van der Waals surface area contributed by atoms with E-state index in [-0.39, 0.29) is 17.6 Å². The van der Waals surface area contributed by atoms with Crippen LogP contribution in [0.4, 0.5) is 10.1 Å². The normalized spacial score (nSPS) is 22.9. The Balaban J connectivity index is 1.98. The molecule has 2 atom stereocenters. The highest BCUT2D eigenvalue weighted by Crippen LogP contribution is 2.23. The maximum absolute atomic E-state index is 13.3. The number of carbonyl (C=O) groups excluding carboxylic acids is 1. The molecule has 1 aromatic carbocycles. The van der Waals surface area contributed by atoms with Crippen molar-refractivity contribution < 1.29 is 13.9 Å². The zero-order valence-electron chi connectivity index (χ0n) is 11.2. The van der Waals surface area contributed by atoms with Crippen molar-refractivity contribution in [3.63, 3.8) is 0 Å². The van der Waals surface area contributed by atoms with Gasteiger partial charge >= 0.3 is 0 Å². The second-order valence-electron chi connectivity index (χ2n) is 4.92. The van der Waals surface area contributed by atoms with Crippen molar-refractivity contribution in [2.24, 2.45) is 5.92 Å². The van der Waals surface area contributed by atoms with Gasteiger partial charge in [0.1, 0.15) is 0 Å². The molecule has 1 aliphatic rings. The van der Waals surface area contributed by atoms with Gasteiger partial charge in [-0.25, -0.2) is 4.39 Å². The van der Waals surface area contributed by atoms with Crippen molar-refractivity contribution >= 4 is 11.6 Å². The van der Waals surface area contributed by atoms with Crippen LogP contribution < -0.4 is 15.4 Å². The van der Waals surface area contributed by atoms with Crippen LogP contribution in [-0.4, -0.2) is 25.6 Å². The van der Waals surface area contributed by atoms with Gasteiger partial charge in [-0.15, -0.1) is 0 Å². The van der Waals surface area contributed by atoms with Crippen LogP contribution in [0.5, 0.6) is 5.75 Å². The minimum Gasteiger partial charge on any atom is -0.494 e. The fourth-order valence-corrected chi connectivity index (χ4v) is 2.20. The number of nitrogens with one attached hydrogen (secondary N) is 2. The van der Waals surface area contributed by atoms with E-state index in [1.807, 2.05) is 0 Å². The van der Waals surface area contributed by atoms with Crippen LogP contribution in [0.25, 0.3) is 0 Å². The Labute approximate surface area is 112 Å². The van der Waals surface area contributed by atoms with Gasteiger partial charge in [0, 0.05) is 24.3 Å². The molecular weight excluding hydrogens is 247 g/mol. The number of hydrogen-bond donors (Lipinski definition) is 2. The summed E-state index contributed by atoms with van der Waals surface area (Å²) in [4.78, 5) is 12.1. The molecule has 1 aromatic rings. The molecule has 0 bridgehead atoms. The molecule has 0 spiro atoms. The average molecular weight is 266 g/mol. The molecule has 5 heteroatoms. The van der Waals surface area contributed by atoms with E-state index >= 15 is 0 Å². The van der Waals surface area contributed by atoms with Gasteiger partial charge in [0.15, 0.2) is 11.6 Å². The summed E-state index contributed by atoms with van der Waals surface area (Å²) in [6.45, 7) is 2.80. The lowest BCUT2D eigenvalue weighted by atomic mass is 9.95. The van der Waals surface area contributed by atoms with Crippen molar-refractivity contribution in [3.8, 4) is 5.75 Å². The molecular formula is C14H19FN2O2. The Bertz CT molecular complexity index is 457. The SMILES string of the molecule is COc1cc(NC(=O)C2CCC(C)NC2)ccc1F. The number of benzene rings is 1. The lowest BCUT2D eigenvalue weighted by Gasteiger charge is -2.26. The van der Waals surface area contributed by atoms with Crippen LogP contribution in [0.1, 0.15) is 19.8 Å². The third kappa shape index (κ3) is 3.44. The third-order valence-electron chi connectivity index (χ3n) is 3.45. The van der Waals surface area contributed by atoms with Crippen molar-refractivity contribution in [1.29, 1.82) is 0 Å². The molecule has 1 amide bonds. The monoisotopic (exact) mass is 266 g/mol. The molecule has 1 saturated heterocycles. The molecule has 0 aliphatic carbocycles. The van der Waals surface area contributed by atoms with Gasteiger partial charge in [-0.3, -0.25) is 4.79 Å². The standard InChI is InChI=1S/C14H19FN2O2/c1-9-3-4-10(8-16-9)14(18)17-11-5-6-12(15)13(7-11)19-2/h5-7,9-10,16H,3-4,8H2,1-2H3,(H,17,18). The summed E-state index contributed by atoms with van der Waals surface area (Å²) in [5, 5.41) is 6.09. The van der Waals surface area contributed by atoms with E-state index in [0.29, 0.717) is 18.3 Å². The first kappa shape index (κ1) is 13.8. The number of ether oxygens (including phenoxy) is 1. The Morgan fingerprint density at radius 2 is 2.26 bits per heavy atom. The van der Waals surface area contributed by atoms with Crippen molar-refractivity contribution in [1.82, 2.24) is 5.32 Å². The highest BCUT2D eigenvalue weighted by Gasteiger charge is 2.24. The average Bonchev–Trinajstić information content (AvgIpc) is 2.41. The molecule has 104 valence electrons. The van der Waals surface area contributed by atoms with Gasteiger partial charge in [0.2, 0.25) is 5.91 Å². The second kappa shape index (κ2) is 6.02. The topological polar surface area (TPSA) is 50.4 Å². The summed E-state index contributed by atoms with van der Waals surface area (Å²) < 4.78 is 18.1. The Morgan fingerprint density at radius 1 is 1.47 bits per heavy atom. The molecule has 0 saturated carbocycles. The van der Waals surface area contributed by atoms with E-state index in [1.54, 1.807) is 0 Å². The van der Waals surface area contributed by atoms with Crippen molar-refractivity contribution in [2.45, 2.75) is 25.8 Å². The number of halogens is 1. The van der Waals surface area contributed by atoms with Crippen LogP contribution in [0.2, 0.25) is 0 Å². The smallest absolute Gasteiger partial charge is 0.228 e. The molecule has 1 heterocycles. The molecule has 1 aliphatic heterocycles. The van der Waals surface area contributed by atoms with Gasteiger partial charge < -0.3 is 15.4 Å². The molecule has 0 aromatic heterocycles. The second-order valence-corrected chi connectivity index (χ2v) is 4.92. The molecule has 2 N–H and O–H groups in total. The minimum atomic E-state index is -0.436. The van der Waals surface area contributed by atoms with E-state index in [1.165, 1.54) is 25.3 Å². The Morgan fingerprint density at radius 3 is 2.89 bits per heavy atom. The van der Waals surface area contributed by atoms with Crippen LogP contribution in [-0.2, 0) is 4.79 Å². The van der Waals surface area contributed by atoms with Gasteiger partial charge in [-0.2, -0.15) is 0 Å². The maximum Gasteiger partial charge on any atom is 0.228 e. The first-order valence-electron chi connectivity index (χ1n) is 6.48. The van der Waals surface area contributed by atoms with E-state index in [0.717, 1.165) is 12.8 Å². The number of piperidine rings is 1. The summed E-state index contributed by atoms with van der Waals surface area (Å²) in [7, 11) is 1.40. The molecule has 1 fully saturated rings. The Kier molecular flexibility index (Phi) is 4.37. The number of amides is 1. The fourth-order valence-electron chi connectivity index (χ4n) is 2.20. The quantitative estimate of drug-likeness (QED) is 0.881. The highest BCUT2D eigenvalue weighted by molar-refractivity contribution is 5.92. The third-order valence-corrected chi connectivity index (χ3v) is 3.45. The van der Waals surface area contributed by atoms with Gasteiger partial charge in [0.05, 0.1) is 13.0 Å². The van der Waals surface area contributed by atoms with E-state index in [4.69, 9.17) is 4.74 Å². The van der Waals surface area contributed by atoms with Crippen LogP contribution in [0.15, 0.2) is 18.2 Å². The van der Waals surface area contributed by atoms with Gasteiger partial charge in [-0.05, 0) is 31.9 Å². The zero-order valence-corrected chi connectivity index (χ0v) is 11.2. The summed E-state index contributed by atoms with van der Waals surface area (Å²) in [5.41, 5.74) is 0.557. The highest BCUT2D eigenvalue weighted by atomic mass is 19.1. The van der Waals surface area contributed by atoms with Crippen LogP contribution in [0.3, 0.4) is 0 Å². The number of anilines is 1. The van der Waals surface area contributed by atoms with E-state index in [2.05, 4.69) is 17.6 Å². The lowest BCUT2D eigenvalue weighted by Crippen LogP contribution is -2.41. The number of methoxy groups -OCH3 is 1. The van der Waals surface area contributed by atoms with Crippen LogP contribution in [0, 0.1) is 11.7 Å². The predicted molar refractivity (Wildman–Crippen MR) is 71.8 cm³/mol. The van der Waals surface area contributed by atoms with Crippen LogP contribution >= 0.6 is 0 Å². The minimum absolute atomic E-state index is 0.0342. The first-order chi connectivity index (χ1) is 9.10. The summed E-state index contributed by atoms with van der Waals surface area (Å²) in [6.07, 6.45) is 1.86.